The normalized spacial score (nSPS) is 13.0. The van der Waals surface area contributed by atoms with E-state index in [1.807, 2.05) is 14.0 Å². The summed E-state index contributed by atoms with van der Waals surface area (Å²) in [6.45, 7) is 2.40. The molecule has 0 aliphatic rings. The highest BCUT2D eigenvalue weighted by molar-refractivity contribution is 5.56. The molecule has 2 aromatic rings. The van der Waals surface area contributed by atoms with Crippen LogP contribution in [0.3, 0.4) is 0 Å². The Kier molecular flexibility index (Phi) is 4.97. The molecule has 0 fully saturated rings. The zero-order valence-electron chi connectivity index (χ0n) is 12.2. The first kappa shape index (κ1) is 16.2. The van der Waals surface area contributed by atoms with E-state index in [1.54, 1.807) is 0 Å². The van der Waals surface area contributed by atoms with Gasteiger partial charge in [0.05, 0.1) is 18.0 Å². The zero-order valence-corrected chi connectivity index (χ0v) is 12.2. The molecule has 118 valence electrons. The van der Waals surface area contributed by atoms with Gasteiger partial charge in [0.2, 0.25) is 0 Å². The molecule has 0 bridgehead atoms. The maximum absolute atomic E-state index is 12.7. The molecule has 1 heterocycles. The standard InChI is InChI=1S/C15H16F3N3O/c1-10(19-2)9-22-13-7-20-14(21-8-13)11-4-3-5-12(6-11)15(16,17)18/h3-8,10,19H,9H2,1-2H3. The lowest BCUT2D eigenvalue weighted by atomic mass is 10.1. The first-order valence-corrected chi connectivity index (χ1v) is 6.70. The number of aromatic nitrogens is 2. The van der Waals surface area contributed by atoms with Crippen LogP contribution in [0.5, 0.6) is 5.75 Å². The van der Waals surface area contributed by atoms with E-state index in [-0.39, 0.29) is 11.9 Å². The maximum atomic E-state index is 12.7. The molecule has 0 radical (unpaired) electrons. The lowest BCUT2D eigenvalue weighted by Gasteiger charge is -2.12. The highest BCUT2D eigenvalue weighted by Crippen LogP contribution is 2.31. The molecule has 7 heteroatoms. The van der Waals surface area contributed by atoms with Gasteiger partial charge in [0.15, 0.2) is 11.6 Å². The molecule has 0 saturated carbocycles. The smallest absolute Gasteiger partial charge is 0.416 e. The number of hydrogen-bond donors (Lipinski definition) is 1. The van der Waals surface area contributed by atoms with E-state index in [2.05, 4.69) is 15.3 Å². The van der Waals surface area contributed by atoms with E-state index in [4.69, 9.17) is 4.74 Å². The van der Waals surface area contributed by atoms with E-state index in [0.29, 0.717) is 17.9 Å². The van der Waals surface area contributed by atoms with Gasteiger partial charge in [-0.05, 0) is 26.1 Å². The van der Waals surface area contributed by atoms with Crippen LogP contribution < -0.4 is 10.1 Å². The summed E-state index contributed by atoms with van der Waals surface area (Å²) in [5.74, 6) is 0.693. The van der Waals surface area contributed by atoms with Crippen molar-refractivity contribution in [3.05, 3.63) is 42.2 Å². The van der Waals surface area contributed by atoms with Crippen LogP contribution in [0.4, 0.5) is 13.2 Å². The summed E-state index contributed by atoms with van der Waals surface area (Å²) >= 11 is 0. The van der Waals surface area contributed by atoms with Crippen molar-refractivity contribution in [3.8, 4) is 17.1 Å². The third-order valence-electron chi connectivity index (χ3n) is 3.07. The van der Waals surface area contributed by atoms with E-state index >= 15 is 0 Å². The highest BCUT2D eigenvalue weighted by Gasteiger charge is 2.30. The minimum absolute atomic E-state index is 0.170. The Bertz CT molecular complexity index is 614. The van der Waals surface area contributed by atoms with Crippen molar-refractivity contribution in [2.45, 2.75) is 19.1 Å². The molecule has 1 N–H and O–H groups in total. The summed E-state index contributed by atoms with van der Waals surface area (Å²) in [4.78, 5) is 8.10. The number of rotatable bonds is 5. The molecule has 1 atom stereocenters. The number of hydrogen-bond acceptors (Lipinski definition) is 4. The number of halogens is 3. The first-order valence-electron chi connectivity index (χ1n) is 6.70. The van der Waals surface area contributed by atoms with Gasteiger partial charge in [0.25, 0.3) is 0 Å². The van der Waals surface area contributed by atoms with Crippen LogP contribution in [-0.4, -0.2) is 29.7 Å². The fraction of sp³-hybridized carbons (Fsp3) is 0.333. The van der Waals surface area contributed by atoms with E-state index in [0.717, 1.165) is 12.1 Å². The minimum atomic E-state index is -4.39. The zero-order chi connectivity index (χ0) is 16.2. The summed E-state index contributed by atoms with van der Waals surface area (Å²) < 4.78 is 43.5. The Balaban J connectivity index is 2.14. The van der Waals surface area contributed by atoms with Crippen molar-refractivity contribution in [1.82, 2.24) is 15.3 Å². The van der Waals surface area contributed by atoms with Crippen molar-refractivity contribution in [2.24, 2.45) is 0 Å². The van der Waals surface area contributed by atoms with E-state index < -0.39 is 11.7 Å². The van der Waals surface area contributed by atoms with Gasteiger partial charge in [-0.1, -0.05) is 12.1 Å². The Morgan fingerprint density at radius 3 is 2.50 bits per heavy atom. The molecule has 4 nitrogen and oxygen atoms in total. The van der Waals surface area contributed by atoms with Crippen LogP contribution in [0, 0.1) is 0 Å². The second-order valence-corrected chi connectivity index (χ2v) is 4.82. The van der Waals surface area contributed by atoms with Gasteiger partial charge in [-0.25, -0.2) is 9.97 Å². The average molecular weight is 311 g/mol. The van der Waals surface area contributed by atoms with Crippen LogP contribution in [0.25, 0.3) is 11.4 Å². The third-order valence-corrected chi connectivity index (χ3v) is 3.07. The predicted molar refractivity (Wildman–Crippen MR) is 76.5 cm³/mol. The van der Waals surface area contributed by atoms with Crippen LogP contribution >= 0.6 is 0 Å². The van der Waals surface area contributed by atoms with E-state index in [1.165, 1.54) is 24.5 Å². The van der Waals surface area contributed by atoms with Gasteiger partial charge in [-0.3, -0.25) is 0 Å². The molecule has 0 aliphatic carbocycles. The number of alkyl halides is 3. The molecular formula is C15H16F3N3O. The van der Waals surface area contributed by atoms with Gasteiger partial charge in [0, 0.05) is 11.6 Å². The monoisotopic (exact) mass is 311 g/mol. The Morgan fingerprint density at radius 1 is 1.23 bits per heavy atom. The molecule has 1 aromatic heterocycles. The van der Waals surface area contributed by atoms with Crippen molar-refractivity contribution in [3.63, 3.8) is 0 Å². The van der Waals surface area contributed by atoms with Crippen molar-refractivity contribution < 1.29 is 17.9 Å². The topological polar surface area (TPSA) is 47.0 Å². The van der Waals surface area contributed by atoms with Crippen molar-refractivity contribution in [1.29, 1.82) is 0 Å². The molecular weight excluding hydrogens is 295 g/mol. The molecule has 0 saturated heterocycles. The molecule has 0 amide bonds. The van der Waals surface area contributed by atoms with Crippen LogP contribution in [0.15, 0.2) is 36.7 Å². The lowest BCUT2D eigenvalue weighted by Crippen LogP contribution is -2.28. The highest BCUT2D eigenvalue weighted by atomic mass is 19.4. The maximum Gasteiger partial charge on any atom is 0.416 e. The summed E-state index contributed by atoms with van der Waals surface area (Å²) in [5, 5.41) is 3.02. The van der Waals surface area contributed by atoms with Gasteiger partial charge >= 0.3 is 6.18 Å². The molecule has 22 heavy (non-hydrogen) atoms. The molecule has 0 spiro atoms. The number of nitrogens with one attached hydrogen (secondary N) is 1. The third kappa shape index (κ3) is 4.17. The number of benzene rings is 1. The molecule has 2 rings (SSSR count). The summed E-state index contributed by atoms with van der Waals surface area (Å²) in [6.07, 6.45) is -1.49. The fourth-order valence-electron chi connectivity index (χ4n) is 1.68. The summed E-state index contributed by atoms with van der Waals surface area (Å²) in [7, 11) is 1.82. The molecule has 1 aromatic carbocycles. The largest absolute Gasteiger partial charge is 0.489 e. The number of likely N-dealkylation sites (N-methyl/N-ethyl adjacent to an activating group) is 1. The number of nitrogens with zero attached hydrogens (tertiary/aromatic N) is 2. The second-order valence-electron chi connectivity index (χ2n) is 4.82. The molecule has 1 unspecified atom stereocenters. The van der Waals surface area contributed by atoms with Crippen LogP contribution in [0.1, 0.15) is 12.5 Å². The SMILES string of the molecule is CNC(C)COc1cnc(-c2cccc(C(F)(F)F)c2)nc1. The number of ether oxygens (including phenoxy) is 1. The van der Waals surface area contributed by atoms with Gasteiger partial charge in [-0.15, -0.1) is 0 Å². The van der Waals surface area contributed by atoms with Crippen molar-refractivity contribution >= 4 is 0 Å². The van der Waals surface area contributed by atoms with Crippen molar-refractivity contribution in [2.75, 3.05) is 13.7 Å². The van der Waals surface area contributed by atoms with Crippen LogP contribution in [0.2, 0.25) is 0 Å². The van der Waals surface area contributed by atoms with Crippen LogP contribution in [-0.2, 0) is 6.18 Å². The summed E-state index contributed by atoms with van der Waals surface area (Å²) in [5.41, 5.74) is -0.415. The van der Waals surface area contributed by atoms with Gasteiger partial charge < -0.3 is 10.1 Å². The summed E-state index contributed by atoms with van der Waals surface area (Å²) in [6, 6.07) is 5.08. The Morgan fingerprint density at radius 2 is 1.91 bits per heavy atom. The lowest BCUT2D eigenvalue weighted by molar-refractivity contribution is -0.137. The van der Waals surface area contributed by atoms with E-state index in [9.17, 15) is 13.2 Å². The Hall–Kier alpha value is -2.15. The van der Waals surface area contributed by atoms with Gasteiger partial charge in [-0.2, -0.15) is 13.2 Å². The minimum Gasteiger partial charge on any atom is -0.489 e. The Labute approximate surface area is 126 Å². The molecule has 0 aliphatic heterocycles. The first-order chi connectivity index (χ1) is 10.4. The van der Waals surface area contributed by atoms with Gasteiger partial charge in [0.1, 0.15) is 6.61 Å². The second kappa shape index (κ2) is 6.74. The predicted octanol–water partition coefficient (Wildman–Crippen LogP) is 3.15. The quantitative estimate of drug-likeness (QED) is 0.921. The fourth-order valence-corrected chi connectivity index (χ4v) is 1.68. The average Bonchev–Trinajstić information content (AvgIpc) is 2.52.